The molecular formula is C25H20N4O6. The van der Waals surface area contributed by atoms with Crippen LogP contribution in [0.4, 0.5) is 5.69 Å². The first-order valence-corrected chi connectivity index (χ1v) is 10.3. The number of amides is 1. The summed E-state index contributed by atoms with van der Waals surface area (Å²) in [5, 5.41) is 16.7. The molecule has 176 valence electrons. The predicted molar refractivity (Wildman–Crippen MR) is 130 cm³/mol. The second-order valence-corrected chi connectivity index (χ2v) is 7.22. The zero-order chi connectivity index (χ0) is 24.8. The Morgan fingerprint density at radius 3 is 2.37 bits per heavy atom. The zero-order valence-electron chi connectivity index (χ0n) is 18.8. The molecule has 10 heteroatoms. The third-order valence-corrected chi connectivity index (χ3v) is 5.03. The summed E-state index contributed by atoms with van der Waals surface area (Å²) in [6, 6.07) is 18.9. The van der Waals surface area contributed by atoms with Crippen molar-refractivity contribution in [2.45, 2.75) is 0 Å². The fourth-order valence-corrected chi connectivity index (χ4v) is 3.29. The summed E-state index contributed by atoms with van der Waals surface area (Å²) in [6.45, 7) is 0. The monoisotopic (exact) mass is 472 g/mol. The molecule has 0 aliphatic rings. The third-order valence-electron chi connectivity index (χ3n) is 5.03. The lowest BCUT2D eigenvalue weighted by molar-refractivity contribution is -0.385. The lowest BCUT2D eigenvalue weighted by Crippen LogP contribution is -2.18. The standard InChI is InChI=1S/C25H20N4O6/c1-33-22-13-18-6-4-3-5-17(18)12-20(22)25(30)28-27-14-16-7-9-21(23(11-16)34-2)35-24-10-8-19(15-26-24)29(31)32/h3-15H,1-2H3,(H,28,30). The number of pyridine rings is 1. The smallest absolute Gasteiger partial charge is 0.287 e. The number of aromatic nitrogens is 1. The number of ether oxygens (including phenoxy) is 3. The minimum Gasteiger partial charge on any atom is -0.496 e. The molecule has 0 unspecified atom stereocenters. The van der Waals surface area contributed by atoms with E-state index < -0.39 is 10.8 Å². The van der Waals surface area contributed by atoms with Gasteiger partial charge in [0.1, 0.15) is 11.9 Å². The van der Waals surface area contributed by atoms with Crippen molar-refractivity contribution in [3.8, 4) is 23.1 Å². The number of nitrogens with one attached hydrogen (secondary N) is 1. The van der Waals surface area contributed by atoms with Crippen molar-refractivity contribution in [1.82, 2.24) is 10.4 Å². The lowest BCUT2D eigenvalue weighted by atomic mass is 10.1. The number of hydrogen-bond donors (Lipinski definition) is 1. The quantitative estimate of drug-likeness (QED) is 0.223. The first kappa shape index (κ1) is 23.2. The van der Waals surface area contributed by atoms with Crippen molar-refractivity contribution in [2.75, 3.05) is 14.2 Å². The van der Waals surface area contributed by atoms with Crippen LogP contribution in [-0.2, 0) is 0 Å². The van der Waals surface area contributed by atoms with Gasteiger partial charge in [-0.15, -0.1) is 0 Å². The molecule has 4 aromatic rings. The van der Waals surface area contributed by atoms with Crippen LogP contribution in [0.5, 0.6) is 23.1 Å². The number of nitro groups is 1. The van der Waals surface area contributed by atoms with Crippen molar-refractivity contribution < 1.29 is 23.9 Å². The molecule has 0 bridgehead atoms. The number of hydrazone groups is 1. The molecule has 0 aliphatic carbocycles. The van der Waals surface area contributed by atoms with E-state index in [1.54, 1.807) is 30.3 Å². The number of nitrogens with zero attached hydrogens (tertiary/aromatic N) is 3. The molecule has 1 heterocycles. The number of rotatable bonds is 8. The van der Waals surface area contributed by atoms with Gasteiger partial charge in [0.05, 0.1) is 30.9 Å². The van der Waals surface area contributed by atoms with Crippen molar-refractivity contribution in [3.05, 3.63) is 94.2 Å². The van der Waals surface area contributed by atoms with E-state index in [2.05, 4.69) is 15.5 Å². The van der Waals surface area contributed by atoms with E-state index in [4.69, 9.17) is 14.2 Å². The predicted octanol–water partition coefficient (Wildman–Crippen LogP) is 4.72. The zero-order valence-corrected chi connectivity index (χ0v) is 18.8. The highest BCUT2D eigenvalue weighted by Crippen LogP contribution is 2.31. The molecule has 1 aromatic heterocycles. The number of carbonyl (C=O) groups excluding carboxylic acids is 1. The summed E-state index contributed by atoms with van der Waals surface area (Å²) < 4.78 is 16.4. The SMILES string of the molecule is COc1cc(C=NNC(=O)c2cc3ccccc3cc2OC)ccc1Oc1ccc([N+](=O)[O-])cn1. The third kappa shape index (κ3) is 5.33. The molecule has 3 aromatic carbocycles. The molecule has 10 nitrogen and oxygen atoms in total. The van der Waals surface area contributed by atoms with Crippen LogP contribution in [-0.4, -0.2) is 36.2 Å². The van der Waals surface area contributed by atoms with E-state index in [0.717, 1.165) is 17.0 Å². The van der Waals surface area contributed by atoms with Gasteiger partial charge in [-0.3, -0.25) is 14.9 Å². The van der Waals surface area contributed by atoms with Crippen LogP contribution in [0.15, 0.2) is 78.0 Å². The van der Waals surface area contributed by atoms with Gasteiger partial charge in [-0.2, -0.15) is 5.10 Å². The number of fused-ring (bicyclic) bond motifs is 1. The van der Waals surface area contributed by atoms with Crippen LogP contribution in [0.2, 0.25) is 0 Å². The number of hydrogen-bond acceptors (Lipinski definition) is 8. The molecule has 0 fully saturated rings. The molecule has 0 atom stereocenters. The van der Waals surface area contributed by atoms with E-state index in [1.165, 1.54) is 32.6 Å². The molecule has 0 radical (unpaired) electrons. The van der Waals surface area contributed by atoms with Crippen LogP contribution in [0.3, 0.4) is 0 Å². The second-order valence-electron chi connectivity index (χ2n) is 7.22. The van der Waals surface area contributed by atoms with Gasteiger partial charge < -0.3 is 14.2 Å². The van der Waals surface area contributed by atoms with Crippen molar-refractivity contribution in [2.24, 2.45) is 5.10 Å². The van der Waals surface area contributed by atoms with Crippen LogP contribution in [0.1, 0.15) is 15.9 Å². The van der Waals surface area contributed by atoms with Gasteiger partial charge in [0.15, 0.2) is 11.5 Å². The van der Waals surface area contributed by atoms with Crippen molar-refractivity contribution in [3.63, 3.8) is 0 Å². The second kappa shape index (κ2) is 10.3. The average Bonchev–Trinajstić information content (AvgIpc) is 2.88. The van der Waals surface area contributed by atoms with Crippen LogP contribution < -0.4 is 19.6 Å². The van der Waals surface area contributed by atoms with Gasteiger partial charge in [0.2, 0.25) is 5.88 Å². The van der Waals surface area contributed by atoms with Crippen LogP contribution in [0.25, 0.3) is 10.8 Å². The number of methoxy groups -OCH3 is 2. The molecule has 0 saturated carbocycles. The highest BCUT2D eigenvalue weighted by molar-refractivity contribution is 6.02. The summed E-state index contributed by atoms with van der Waals surface area (Å²) in [6.07, 6.45) is 2.57. The average molecular weight is 472 g/mol. The van der Waals surface area contributed by atoms with E-state index in [9.17, 15) is 14.9 Å². The fraction of sp³-hybridized carbons (Fsp3) is 0.0800. The molecule has 0 spiro atoms. The number of benzene rings is 3. The summed E-state index contributed by atoms with van der Waals surface area (Å²) in [4.78, 5) is 26.8. The highest BCUT2D eigenvalue weighted by Gasteiger charge is 2.14. The summed E-state index contributed by atoms with van der Waals surface area (Å²) in [7, 11) is 2.98. The minimum absolute atomic E-state index is 0.140. The van der Waals surface area contributed by atoms with Gasteiger partial charge in [0, 0.05) is 12.1 Å². The molecule has 4 rings (SSSR count). The van der Waals surface area contributed by atoms with Gasteiger partial charge in [-0.05, 0) is 46.7 Å². The fourth-order valence-electron chi connectivity index (χ4n) is 3.29. The van der Waals surface area contributed by atoms with Crippen molar-refractivity contribution >= 4 is 28.6 Å². The van der Waals surface area contributed by atoms with Gasteiger partial charge in [-0.25, -0.2) is 10.4 Å². The Labute approximate surface area is 199 Å². The maximum Gasteiger partial charge on any atom is 0.287 e. The van der Waals surface area contributed by atoms with E-state index in [1.807, 2.05) is 24.3 Å². The molecule has 1 N–H and O–H groups in total. The van der Waals surface area contributed by atoms with Crippen LogP contribution in [0, 0.1) is 10.1 Å². The number of carbonyl (C=O) groups is 1. The topological polar surface area (TPSA) is 125 Å². The Hall–Kier alpha value is -4.99. The molecule has 0 saturated heterocycles. The maximum atomic E-state index is 12.7. The molecule has 1 amide bonds. The highest BCUT2D eigenvalue weighted by atomic mass is 16.6. The minimum atomic E-state index is -0.541. The Morgan fingerprint density at radius 1 is 0.971 bits per heavy atom. The normalized spacial score (nSPS) is 10.8. The molecule has 0 aliphatic heterocycles. The summed E-state index contributed by atoms with van der Waals surface area (Å²) in [5.41, 5.74) is 3.36. The maximum absolute atomic E-state index is 12.7. The van der Waals surface area contributed by atoms with Gasteiger partial charge in [0.25, 0.3) is 11.6 Å². The van der Waals surface area contributed by atoms with Crippen molar-refractivity contribution in [1.29, 1.82) is 0 Å². The van der Waals surface area contributed by atoms with Gasteiger partial charge >= 0.3 is 0 Å². The first-order chi connectivity index (χ1) is 17.0. The largest absolute Gasteiger partial charge is 0.496 e. The first-order valence-electron chi connectivity index (χ1n) is 10.3. The summed E-state index contributed by atoms with van der Waals surface area (Å²) >= 11 is 0. The Morgan fingerprint density at radius 2 is 1.71 bits per heavy atom. The summed E-state index contributed by atoms with van der Waals surface area (Å²) in [5.74, 6) is 0.943. The lowest BCUT2D eigenvalue weighted by Gasteiger charge is -2.10. The van der Waals surface area contributed by atoms with E-state index in [-0.39, 0.29) is 11.6 Å². The Bertz CT molecular complexity index is 1420. The Balaban J connectivity index is 1.47. The van der Waals surface area contributed by atoms with E-state index >= 15 is 0 Å². The van der Waals surface area contributed by atoms with E-state index in [0.29, 0.717) is 28.4 Å². The Kier molecular flexibility index (Phi) is 6.82. The molecular weight excluding hydrogens is 452 g/mol. The van der Waals surface area contributed by atoms with Crippen LogP contribution >= 0.6 is 0 Å². The molecule has 35 heavy (non-hydrogen) atoms. The van der Waals surface area contributed by atoms with Gasteiger partial charge in [-0.1, -0.05) is 24.3 Å².